The standard InChI is InChI=1S/C19H23N7O4S/c1-31(28,29)30-12-18(27)21-13-6-8-14(9-7-13)22-19-20-11-10-17(23-19)26-16-5-3-2-4-15(16)24-25-26/h2-5,10-11,13-14H,6-9,12H2,1H3,(H,21,27)(H,20,22,23). The Balaban J connectivity index is 1.32. The van der Waals surface area contributed by atoms with E-state index in [-0.39, 0.29) is 12.1 Å². The molecule has 0 unspecified atom stereocenters. The molecular formula is C19H23N7O4S. The number of carbonyl (C=O) groups excluding carboxylic acids is 1. The lowest BCUT2D eigenvalue weighted by atomic mass is 9.91. The average molecular weight is 446 g/mol. The zero-order valence-electron chi connectivity index (χ0n) is 16.9. The predicted molar refractivity (Wildman–Crippen MR) is 113 cm³/mol. The molecule has 2 N–H and O–H groups in total. The summed E-state index contributed by atoms with van der Waals surface area (Å²) in [6, 6.07) is 9.59. The molecule has 0 radical (unpaired) electrons. The van der Waals surface area contributed by atoms with Crippen LogP contribution in [0.3, 0.4) is 0 Å². The van der Waals surface area contributed by atoms with Crippen LogP contribution in [0.4, 0.5) is 5.95 Å². The maximum absolute atomic E-state index is 11.8. The molecule has 12 heteroatoms. The van der Waals surface area contributed by atoms with E-state index < -0.39 is 22.6 Å². The average Bonchev–Trinajstić information content (AvgIpc) is 3.18. The van der Waals surface area contributed by atoms with Crippen LogP contribution in [-0.2, 0) is 19.1 Å². The first kappa shape index (κ1) is 21.1. The molecule has 0 spiro atoms. The molecule has 0 aliphatic heterocycles. The highest BCUT2D eigenvalue weighted by Gasteiger charge is 2.23. The van der Waals surface area contributed by atoms with Crippen molar-refractivity contribution in [3.05, 3.63) is 36.5 Å². The van der Waals surface area contributed by atoms with E-state index in [0.717, 1.165) is 43.0 Å². The van der Waals surface area contributed by atoms with E-state index in [2.05, 4.69) is 35.1 Å². The Bertz CT molecular complexity index is 1170. The van der Waals surface area contributed by atoms with Crippen molar-refractivity contribution in [3.8, 4) is 5.82 Å². The van der Waals surface area contributed by atoms with E-state index in [1.54, 1.807) is 16.9 Å². The molecule has 1 aromatic carbocycles. The molecule has 3 aromatic rings. The van der Waals surface area contributed by atoms with E-state index in [0.29, 0.717) is 11.8 Å². The van der Waals surface area contributed by atoms with Gasteiger partial charge in [-0.2, -0.15) is 18.1 Å². The number of hydrogen-bond acceptors (Lipinski definition) is 9. The van der Waals surface area contributed by atoms with Gasteiger partial charge in [-0.1, -0.05) is 17.3 Å². The molecule has 164 valence electrons. The Morgan fingerprint density at radius 1 is 1.16 bits per heavy atom. The highest BCUT2D eigenvalue weighted by Crippen LogP contribution is 2.22. The molecular weight excluding hydrogens is 422 g/mol. The van der Waals surface area contributed by atoms with Crippen molar-refractivity contribution in [2.24, 2.45) is 0 Å². The van der Waals surface area contributed by atoms with Gasteiger partial charge in [0.15, 0.2) is 5.82 Å². The van der Waals surface area contributed by atoms with Crippen LogP contribution < -0.4 is 10.6 Å². The lowest BCUT2D eigenvalue weighted by molar-refractivity contribution is -0.123. The van der Waals surface area contributed by atoms with Gasteiger partial charge in [-0.25, -0.2) is 4.98 Å². The van der Waals surface area contributed by atoms with E-state index in [1.165, 1.54) is 0 Å². The first-order valence-electron chi connectivity index (χ1n) is 9.91. The van der Waals surface area contributed by atoms with Gasteiger partial charge >= 0.3 is 0 Å². The maximum Gasteiger partial charge on any atom is 0.264 e. The zero-order valence-corrected chi connectivity index (χ0v) is 17.7. The number of fused-ring (bicyclic) bond motifs is 1. The monoisotopic (exact) mass is 445 g/mol. The lowest BCUT2D eigenvalue weighted by Crippen LogP contribution is -2.42. The van der Waals surface area contributed by atoms with Crippen LogP contribution >= 0.6 is 0 Å². The SMILES string of the molecule is CS(=O)(=O)OCC(=O)NC1CCC(Nc2nccc(-n3nnc4ccccc43)n2)CC1. The fourth-order valence-electron chi connectivity index (χ4n) is 3.57. The Kier molecular flexibility index (Phi) is 6.09. The Morgan fingerprint density at radius 3 is 2.68 bits per heavy atom. The molecule has 1 aliphatic carbocycles. The van der Waals surface area contributed by atoms with Gasteiger partial charge in [0.05, 0.1) is 11.8 Å². The van der Waals surface area contributed by atoms with Gasteiger partial charge in [0.2, 0.25) is 11.9 Å². The van der Waals surface area contributed by atoms with Crippen LogP contribution in [0.1, 0.15) is 25.7 Å². The maximum atomic E-state index is 11.8. The number of hydrogen-bond donors (Lipinski definition) is 2. The number of carbonyl (C=O) groups is 1. The molecule has 0 saturated heterocycles. The molecule has 2 aromatic heterocycles. The summed E-state index contributed by atoms with van der Waals surface area (Å²) in [5, 5.41) is 14.5. The van der Waals surface area contributed by atoms with Crippen molar-refractivity contribution < 1.29 is 17.4 Å². The molecule has 1 amide bonds. The second-order valence-corrected chi connectivity index (χ2v) is 9.10. The molecule has 0 atom stereocenters. The first-order valence-corrected chi connectivity index (χ1v) is 11.7. The number of nitrogens with zero attached hydrogens (tertiary/aromatic N) is 5. The largest absolute Gasteiger partial charge is 0.351 e. The number of benzene rings is 1. The van der Waals surface area contributed by atoms with E-state index in [1.807, 2.05) is 24.3 Å². The smallest absolute Gasteiger partial charge is 0.264 e. The van der Waals surface area contributed by atoms with Gasteiger partial charge in [0.25, 0.3) is 10.1 Å². The van der Waals surface area contributed by atoms with Gasteiger partial charge in [-0.3, -0.25) is 8.98 Å². The van der Waals surface area contributed by atoms with E-state index >= 15 is 0 Å². The summed E-state index contributed by atoms with van der Waals surface area (Å²) in [5.74, 6) is 0.696. The third-order valence-electron chi connectivity index (χ3n) is 5.04. The van der Waals surface area contributed by atoms with E-state index in [9.17, 15) is 13.2 Å². The molecule has 11 nitrogen and oxygen atoms in total. The number of anilines is 1. The van der Waals surface area contributed by atoms with Gasteiger partial charge in [-0.15, -0.1) is 5.10 Å². The summed E-state index contributed by atoms with van der Waals surface area (Å²) in [6.07, 6.45) is 5.75. The summed E-state index contributed by atoms with van der Waals surface area (Å²) < 4.78 is 28.1. The van der Waals surface area contributed by atoms with Crippen LogP contribution in [0.2, 0.25) is 0 Å². The first-order chi connectivity index (χ1) is 14.9. The summed E-state index contributed by atoms with van der Waals surface area (Å²) in [7, 11) is -3.63. The minimum absolute atomic E-state index is 0.0116. The topological polar surface area (TPSA) is 141 Å². The Labute approximate surface area is 179 Å². The Morgan fingerprint density at radius 2 is 1.90 bits per heavy atom. The summed E-state index contributed by atoms with van der Waals surface area (Å²) in [4.78, 5) is 20.7. The minimum atomic E-state index is -3.63. The molecule has 0 bridgehead atoms. The number of para-hydroxylation sites is 1. The quantitative estimate of drug-likeness (QED) is 0.510. The van der Waals surface area contributed by atoms with Crippen LogP contribution in [0, 0.1) is 0 Å². The fourth-order valence-corrected chi connectivity index (χ4v) is 3.89. The predicted octanol–water partition coefficient (Wildman–Crippen LogP) is 1.03. The summed E-state index contributed by atoms with van der Waals surface area (Å²) in [5.41, 5.74) is 1.65. The summed E-state index contributed by atoms with van der Waals surface area (Å²) in [6.45, 7) is -0.491. The number of nitrogens with one attached hydrogen (secondary N) is 2. The molecule has 31 heavy (non-hydrogen) atoms. The van der Waals surface area contributed by atoms with Crippen molar-refractivity contribution in [1.29, 1.82) is 0 Å². The molecule has 1 saturated carbocycles. The number of aromatic nitrogens is 5. The zero-order chi connectivity index (χ0) is 21.8. The van der Waals surface area contributed by atoms with Crippen molar-refractivity contribution in [1.82, 2.24) is 30.3 Å². The van der Waals surface area contributed by atoms with Crippen LogP contribution in [0.25, 0.3) is 16.9 Å². The fraction of sp³-hybridized carbons (Fsp3) is 0.421. The highest BCUT2D eigenvalue weighted by molar-refractivity contribution is 7.86. The van der Waals surface area contributed by atoms with Gasteiger partial charge < -0.3 is 10.6 Å². The van der Waals surface area contributed by atoms with Gasteiger partial charge in [0.1, 0.15) is 12.1 Å². The molecule has 2 heterocycles. The molecule has 1 fully saturated rings. The second kappa shape index (κ2) is 8.94. The van der Waals surface area contributed by atoms with Crippen molar-refractivity contribution >= 4 is 33.0 Å². The van der Waals surface area contributed by atoms with Crippen LogP contribution in [0.5, 0.6) is 0 Å². The number of amides is 1. The van der Waals surface area contributed by atoms with E-state index in [4.69, 9.17) is 0 Å². The molecule has 4 rings (SSSR count). The van der Waals surface area contributed by atoms with Crippen LogP contribution in [-0.4, -0.2) is 64.2 Å². The Hall–Kier alpha value is -3.12. The van der Waals surface area contributed by atoms with Gasteiger partial charge in [0, 0.05) is 24.3 Å². The summed E-state index contributed by atoms with van der Waals surface area (Å²) >= 11 is 0. The number of rotatable bonds is 7. The normalized spacial score (nSPS) is 19.3. The third-order valence-corrected chi connectivity index (χ3v) is 5.59. The highest BCUT2D eigenvalue weighted by atomic mass is 32.2. The third kappa shape index (κ3) is 5.52. The van der Waals surface area contributed by atoms with Crippen molar-refractivity contribution in [3.63, 3.8) is 0 Å². The van der Waals surface area contributed by atoms with Crippen molar-refractivity contribution in [2.45, 2.75) is 37.8 Å². The minimum Gasteiger partial charge on any atom is -0.351 e. The van der Waals surface area contributed by atoms with Crippen LogP contribution in [0.15, 0.2) is 36.5 Å². The lowest BCUT2D eigenvalue weighted by Gasteiger charge is -2.29. The molecule has 1 aliphatic rings. The second-order valence-electron chi connectivity index (χ2n) is 7.46. The van der Waals surface area contributed by atoms with Gasteiger partial charge in [-0.05, 0) is 37.8 Å². The van der Waals surface area contributed by atoms with Crippen molar-refractivity contribution in [2.75, 3.05) is 18.2 Å².